The molecule has 0 aromatic heterocycles. The molecule has 0 bridgehead atoms. The maximum Gasteiger partial charge on any atom is 2.00 e. The monoisotopic (exact) mass is 402 g/mol. The van der Waals surface area contributed by atoms with Crippen LogP contribution in [-0.4, -0.2) is 5.60 Å². The summed E-state index contributed by atoms with van der Waals surface area (Å²) in [6.07, 6.45) is 0.881. The maximum absolute atomic E-state index is 5.93. The Morgan fingerprint density at radius 1 is 1.12 bits per heavy atom. The van der Waals surface area contributed by atoms with E-state index in [1.54, 1.807) is 0 Å². The van der Waals surface area contributed by atoms with Gasteiger partial charge in [0.05, 0.1) is 0 Å². The molecule has 0 amide bonds. The Balaban J connectivity index is 0.00000256. The summed E-state index contributed by atoms with van der Waals surface area (Å²) in [4.78, 5) is 0. The van der Waals surface area contributed by atoms with Gasteiger partial charge in [-0.15, -0.1) is 11.6 Å². The minimum Gasteiger partial charge on any atom is -0.545 e. The van der Waals surface area contributed by atoms with E-state index >= 15 is 0 Å². The molecule has 1 nitrogen and oxygen atoms in total. The van der Waals surface area contributed by atoms with E-state index in [4.69, 9.17) is 4.74 Å². The van der Waals surface area contributed by atoms with Gasteiger partial charge in [0.2, 0.25) is 0 Å². The van der Waals surface area contributed by atoms with Crippen molar-refractivity contribution in [2.75, 3.05) is 0 Å². The van der Waals surface area contributed by atoms with Crippen LogP contribution in [0.25, 0.3) is 0 Å². The summed E-state index contributed by atoms with van der Waals surface area (Å²) in [5, 5.41) is 0. The second-order valence-electron chi connectivity index (χ2n) is 4.86. The normalized spacial score (nSPS) is 13.8. The van der Waals surface area contributed by atoms with Gasteiger partial charge in [-0.2, -0.15) is 16.7 Å². The standard InChI is InChI=1S/C15H22O.W/c1-8-15(6,7)16-14-9-10(2)11(3)12(4)13(14)5;/h6,8H2,1-5,7H3;/q-2;+2. The molecule has 0 aliphatic heterocycles. The molecule has 1 unspecified atom stereocenters. The smallest absolute Gasteiger partial charge is 0.545 e. The van der Waals surface area contributed by atoms with Crippen LogP contribution in [0.15, 0.2) is 0 Å². The minimum absolute atomic E-state index is 0. The molecule has 17 heavy (non-hydrogen) atoms. The molecule has 0 saturated carbocycles. The van der Waals surface area contributed by atoms with E-state index < -0.39 is 0 Å². The van der Waals surface area contributed by atoms with Crippen molar-refractivity contribution in [3.63, 3.8) is 0 Å². The van der Waals surface area contributed by atoms with E-state index in [0.29, 0.717) is 0 Å². The van der Waals surface area contributed by atoms with Crippen LogP contribution in [0, 0.1) is 40.7 Å². The molecule has 1 atom stereocenters. The second-order valence-corrected chi connectivity index (χ2v) is 4.86. The van der Waals surface area contributed by atoms with Crippen molar-refractivity contribution in [3.05, 3.63) is 35.2 Å². The zero-order chi connectivity index (χ0) is 12.5. The summed E-state index contributed by atoms with van der Waals surface area (Å²) in [5.41, 5.74) is 4.55. The third-order valence-electron chi connectivity index (χ3n) is 3.43. The van der Waals surface area contributed by atoms with E-state index in [2.05, 4.69) is 47.6 Å². The SMILES string of the molecule is [CH2-]C(C)(CC)Oc1[c-]c(C)c(C)c(C)c1C.[W+2]. The van der Waals surface area contributed by atoms with Gasteiger partial charge in [-0.25, -0.2) is 0 Å². The summed E-state index contributed by atoms with van der Waals surface area (Å²) < 4.78 is 5.93. The van der Waals surface area contributed by atoms with E-state index in [9.17, 15) is 0 Å². The van der Waals surface area contributed by atoms with Crippen molar-refractivity contribution in [2.24, 2.45) is 0 Å². The van der Waals surface area contributed by atoms with E-state index in [1.807, 2.05) is 6.92 Å². The zero-order valence-corrected chi connectivity index (χ0v) is 14.7. The molecule has 94 valence electrons. The topological polar surface area (TPSA) is 9.23 Å². The Labute approximate surface area is 120 Å². The van der Waals surface area contributed by atoms with Gasteiger partial charge in [-0.05, 0) is 12.0 Å². The van der Waals surface area contributed by atoms with Gasteiger partial charge in [0.1, 0.15) is 0 Å². The Kier molecular flexibility index (Phi) is 5.94. The summed E-state index contributed by atoms with van der Waals surface area (Å²) >= 11 is 0. The Morgan fingerprint density at radius 2 is 1.65 bits per heavy atom. The van der Waals surface area contributed by atoms with Crippen LogP contribution < -0.4 is 4.74 Å². The molecule has 1 rings (SSSR count). The fourth-order valence-corrected chi connectivity index (χ4v) is 1.51. The van der Waals surface area contributed by atoms with E-state index in [1.165, 1.54) is 16.7 Å². The molecule has 0 radical (unpaired) electrons. The first-order chi connectivity index (χ1) is 7.28. The molecule has 0 N–H and O–H groups in total. The molecular formula is C15H22OW. The van der Waals surface area contributed by atoms with Crippen LogP contribution >= 0.6 is 0 Å². The second kappa shape index (κ2) is 6.05. The first-order valence-electron chi connectivity index (χ1n) is 5.82. The molecule has 0 saturated heterocycles. The van der Waals surface area contributed by atoms with Crippen molar-refractivity contribution in [1.29, 1.82) is 0 Å². The fraction of sp³-hybridized carbons (Fsp3) is 0.533. The minimum atomic E-state index is -0.366. The average molecular weight is 402 g/mol. The summed E-state index contributed by atoms with van der Waals surface area (Å²) in [5.74, 6) is 0.847. The number of hydrogen-bond acceptors (Lipinski definition) is 1. The largest absolute Gasteiger partial charge is 2.00 e. The first-order valence-corrected chi connectivity index (χ1v) is 5.82. The summed E-state index contributed by atoms with van der Waals surface area (Å²) in [6.45, 7) is 16.6. The molecule has 1 aromatic carbocycles. The summed E-state index contributed by atoms with van der Waals surface area (Å²) in [7, 11) is 0. The number of aryl methyl sites for hydroxylation is 1. The summed E-state index contributed by atoms with van der Waals surface area (Å²) in [6, 6.07) is 3.31. The Morgan fingerprint density at radius 3 is 2.12 bits per heavy atom. The molecule has 0 aliphatic carbocycles. The molecule has 0 fully saturated rings. The molecular weight excluding hydrogens is 380 g/mol. The molecule has 0 aliphatic rings. The number of hydrogen-bond donors (Lipinski definition) is 0. The fourth-order valence-electron chi connectivity index (χ4n) is 1.51. The van der Waals surface area contributed by atoms with Gasteiger partial charge in [0.25, 0.3) is 0 Å². The van der Waals surface area contributed by atoms with Crippen LogP contribution in [-0.2, 0) is 21.1 Å². The maximum atomic E-state index is 5.93. The Hall–Kier alpha value is -0.292. The third-order valence-corrected chi connectivity index (χ3v) is 3.43. The third kappa shape index (κ3) is 3.84. The van der Waals surface area contributed by atoms with Crippen LogP contribution in [0.2, 0.25) is 0 Å². The van der Waals surface area contributed by atoms with Gasteiger partial charge in [0.15, 0.2) is 0 Å². The average Bonchev–Trinajstić information content (AvgIpc) is 2.22. The van der Waals surface area contributed by atoms with Crippen LogP contribution in [0.3, 0.4) is 0 Å². The van der Waals surface area contributed by atoms with Crippen LogP contribution in [0.5, 0.6) is 5.75 Å². The van der Waals surface area contributed by atoms with E-state index in [0.717, 1.165) is 17.7 Å². The molecule has 0 heterocycles. The van der Waals surface area contributed by atoms with Crippen molar-refractivity contribution >= 4 is 0 Å². The van der Waals surface area contributed by atoms with Crippen molar-refractivity contribution in [3.8, 4) is 5.75 Å². The van der Waals surface area contributed by atoms with Crippen molar-refractivity contribution < 1.29 is 25.8 Å². The van der Waals surface area contributed by atoms with Crippen LogP contribution in [0.1, 0.15) is 42.5 Å². The van der Waals surface area contributed by atoms with Gasteiger partial charge in [0, 0.05) is 5.75 Å². The van der Waals surface area contributed by atoms with Crippen molar-refractivity contribution in [1.82, 2.24) is 0 Å². The first kappa shape index (κ1) is 16.7. The van der Waals surface area contributed by atoms with Crippen molar-refractivity contribution in [2.45, 2.75) is 53.6 Å². The number of benzene rings is 1. The number of ether oxygens (including phenoxy) is 1. The van der Waals surface area contributed by atoms with Gasteiger partial charge in [-0.1, -0.05) is 41.5 Å². The van der Waals surface area contributed by atoms with Gasteiger partial charge >= 0.3 is 21.1 Å². The molecule has 2 heteroatoms. The predicted octanol–water partition coefficient (Wildman–Crippen LogP) is 4.10. The van der Waals surface area contributed by atoms with Gasteiger partial charge < -0.3 is 11.7 Å². The van der Waals surface area contributed by atoms with Crippen LogP contribution in [0.4, 0.5) is 0 Å². The quantitative estimate of drug-likeness (QED) is 0.692. The van der Waals surface area contributed by atoms with Gasteiger partial charge in [-0.3, -0.25) is 0 Å². The van der Waals surface area contributed by atoms with E-state index in [-0.39, 0.29) is 26.7 Å². The zero-order valence-electron chi connectivity index (χ0n) is 11.7. The number of rotatable bonds is 3. The molecule has 1 aromatic rings. The molecule has 0 spiro atoms. The Bertz CT molecular complexity index is 394. The predicted molar refractivity (Wildman–Crippen MR) is 68.9 cm³/mol.